The minimum Gasteiger partial charge on any atom is -0.384 e. The van der Waals surface area contributed by atoms with Gasteiger partial charge in [0.05, 0.1) is 0 Å². The van der Waals surface area contributed by atoms with Gasteiger partial charge in [-0.05, 0) is 37.6 Å². The maximum atomic E-state index is 12.1. The van der Waals surface area contributed by atoms with Crippen molar-refractivity contribution in [2.24, 2.45) is 0 Å². The van der Waals surface area contributed by atoms with Crippen LogP contribution in [-0.2, 0) is 0 Å². The summed E-state index contributed by atoms with van der Waals surface area (Å²) in [4.78, 5) is 12.1. The van der Waals surface area contributed by atoms with E-state index in [1.54, 1.807) is 24.3 Å². The summed E-state index contributed by atoms with van der Waals surface area (Å²) < 4.78 is 0. The molecule has 1 amide bonds. The van der Waals surface area contributed by atoms with Crippen LogP contribution in [0.4, 0.5) is 0 Å². The van der Waals surface area contributed by atoms with E-state index in [1.165, 1.54) is 19.3 Å². The molecule has 0 aromatic heterocycles. The van der Waals surface area contributed by atoms with Crippen LogP contribution in [0.3, 0.4) is 0 Å². The quantitative estimate of drug-likeness (QED) is 0.598. The van der Waals surface area contributed by atoms with Crippen molar-refractivity contribution >= 4 is 5.91 Å². The lowest BCUT2D eigenvalue weighted by Gasteiger charge is -2.13. The molecule has 1 rings (SSSR count). The fraction of sp³-hybridized carbons (Fsp3) is 0.500. The van der Waals surface area contributed by atoms with Gasteiger partial charge in [0.15, 0.2) is 0 Å². The van der Waals surface area contributed by atoms with Crippen LogP contribution in [-0.4, -0.2) is 23.7 Å². The molecule has 0 radical (unpaired) electrons. The van der Waals surface area contributed by atoms with E-state index < -0.39 is 0 Å². The summed E-state index contributed by atoms with van der Waals surface area (Å²) in [6.07, 6.45) is 5.90. The van der Waals surface area contributed by atoms with E-state index in [9.17, 15) is 4.79 Å². The van der Waals surface area contributed by atoms with Gasteiger partial charge in [-0.25, -0.2) is 0 Å². The van der Waals surface area contributed by atoms with Crippen molar-refractivity contribution < 1.29 is 9.90 Å². The Morgan fingerprint density at radius 1 is 1.24 bits per heavy atom. The molecule has 0 aliphatic carbocycles. The average molecular weight is 287 g/mol. The van der Waals surface area contributed by atoms with Gasteiger partial charge < -0.3 is 10.4 Å². The number of hydrogen-bond donors (Lipinski definition) is 2. The molecule has 3 heteroatoms. The van der Waals surface area contributed by atoms with Crippen molar-refractivity contribution in [3.8, 4) is 11.8 Å². The summed E-state index contributed by atoms with van der Waals surface area (Å²) >= 11 is 0. The van der Waals surface area contributed by atoms with E-state index in [-0.39, 0.29) is 18.6 Å². The summed E-state index contributed by atoms with van der Waals surface area (Å²) in [6, 6.07) is 7.32. The topological polar surface area (TPSA) is 49.3 Å². The molecule has 0 saturated carbocycles. The lowest BCUT2D eigenvalue weighted by atomic mass is 10.1. The Hall–Kier alpha value is -1.79. The second-order valence-corrected chi connectivity index (χ2v) is 5.26. The SMILES string of the molecule is CCCCCCC(C)NC(=O)c1ccc(C#CCO)cc1. The molecule has 1 unspecified atom stereocenters. The highest BCUT2D eigenvalue weighted by molar-refractivity contribution is 5.94. The first kappa shape index (κ1) is 17.3. The highest BCUT2D eigenvalue weighted by atomic mass is 16.2. The number of amides is 1. The Kier molecular flexibility index (Phi) is 8.23. The second-order valence-electron chi connectivity index (χ2n) is 5.26. The zero-order valence-electron chi connectivity index (χ0n) is 13.0. The van der Waals surface area contributed by atoms with Crippen LogP contribution in [0.25, 0.3) is 0 Å². The predicted molar refractivity (Wildman–Crippen MR) is 86.1 cm³/mol. The lowest BCUT2D eigenvalue weighted by molar-refractivity contribution is 0.0938. The van der Waals surface area contributed by atoms with Crippen LogP contribution in [0.5, 0.6) is 0 Å². The summed E-state index contributed by atoms with van der Waals surface area (Å²) in [5, 5.41) is 11.7. The normalized spacial score (nSPS) is 11.4. The largest absolute Gasteiger partial charge is 0.384 e. The van der Waals surface area contributed by atoms with Gasteiger partial charge in [0, 0.05) is 17.2 Å². The Morgan fingerprint density at radius 3 is 2.57 bits per heavy atom. The highest BCUT2D eigenvalue weighted by Crippen LogP contribution is 2.07. The molecule has 1 aromatic rings. The Labute approximate surface area is 127 Å². The summed E-state index contributed by atoms with van der Waals surface area (Å²) in [5.41, 5.74) is 1.44. The van der Waals surface area contributed by atoms with Gasteiger partial charge in [0.25, 0.3) is 5.91 Å². The molecule has 114 valence electrons. The fourth-order valence-corrected chi connectivity index (χ4v) is 2.10. The van der Waals surface area contributed by atoms with Crippen LogP contribution in [0, 0.1) is 11.8 Å². The van der Waals surface area contributed by atoms with Gasteiger partial charge in [-0.1, -0.05) is 44.4 Å². The first-order valence-electron chi connectivity index (χ1n) is 7.68. The maximum Gasteiger partial charge on any atom is 0.251 e. The Balaban J connectivity index is 2.44. The summed E-state index contributed by atoms with van der Waals surface area (Å²) in [6.45, 7) is 4.09. The van der Waals surface area contributed by atoms with Crippen LogP contribution in [0.1, 0.15) is 61.9 Å². The van der Waals surface area contributed by atoms with Crippen molar-refractivity contribution in [3.05, 3.63) is 35.4 Å². The van der Waals surface area contributed by atoms with Crippen LogP contribution < -0.4 is 5.32 Å². The van der Waals surface area contributed by atoms with Gasteiger partial charge in [0.1, 0.15) is 6.61 Å². The predicted octanol–water partition coefficient (Wildman–Crippen LogP) is 3.12. The molecule has 1 aromatic carbocycles. The molecule has 0 bridgehead atoms. The number of benzene rings is 1. The molecule has 3 nitrogen and oxygen atoms in total. The van der Waals surface area contributed by atoms with Gasteiger partial charge in [-0.2, -0.15) is 0 Å². The number of hydrogen-bond acceptors (Lipinski definition) is 2. The van der Waals surface area contributed by atoms with E-state index in [4.69, 9.17) is 5.11 Å². The molecule has 0 heterocycles. The highest BCUT2D eigenvalue weighted by Gasteiger charge is 2.09. The standard InChI is InChI=1S/C18H25NO2/c1-3-4-5-6-8-15(2)19-18(21)17-12-10-16(11-13-17)9-7-14-20/h10-13,15,20H,3-6,8,14H2,1-2H3,(H,19,21). The summed E-state index contributed by atoms with van der Waals surface area (Å²) in [5.74, 6) is 5.35. The summed E-state index contributed by atoms with van der Waals surface area (Å²) in [7, 11) is 0. The van der Waals surface area contributed by atoms with Gasteiger partial charge in [0.2, 0.25) is 0 Å². The van der Waals surface area contributed by atoms with Crippen LogP contribution >= 0.6 is 0 Å². The number of unbranched alkanes of at least 4 members (excludes halogenated alkanes) is 3. The van der Waals surface area contributed by atoms with Gasteiger partial charge >= 0.3 is 0 Å². The molecular formula is C18H25NO2. The number of carbonyl (C=O) groups is 1. The number of carbonyl (C=O) groups excluding carboxylic acids is 1. The first-order chi connectivity index (χ1) is 10.2. The second kappa shape index (κ2) is 10.0. The van der Waals surface area contributed by atoms with Crippen molar-refractivity contribution in [2.45, 2.75) is 52.0 Å². The van der Waals surface area contributed by atoms with Crippen molar-refractivity contribution in [3.63, 3.8) is 0 Å². The number of aliphatic hydroxyl groups is 1. The molecule has 0 saturated heterocycles. The number of rotatable bonds is 7. The fourth-order valence-electron chi connectivity index (χ4n) is 2.10. The molecule has 2 N–H and O–H groups in total. The van der Waals surface area contributed by atoms with Crippen LogP contribution in [0.15, 0.2) is 24.3 Å². The van der Waals surface area contributed by atoms with E-state index in [0.717, 1.165) is 18.4 Å². The van der Waals surface area contributed by atoms with E-state index in [1.807, 2.05) is 6.92 Å². The van der Waals surface area contributed by atoms with Crippen molar-refractivity contribution in [2.75, 3.05) is 6.61 Å². The third-order valence-corrected chi connectivity index (χ3v) is 3.33. The minimum absolute atomic E-state index is 0.0420. The van der Waals surface area contributed by atoms with E-state index in [2.05, 4.69) is 24.1 Å². The van der Waals surface area contributed by atoms with Gasteiger partial charge in [-0.15, -0.1) is 0 Å². The Morgan fingerprint density at radius 2 is 1.95 bits per heavy atom. The minimum atomic E-state index is -0.155. The lowest BCUT2D eigenvalue weighted by Crippen LogP contribution is -2.32. The maximum absolute atomic E-state index is 12.1. The number of aliphatic hydroxyl groups excluding tert-OH is 1. The molecule has 0 aliphatic rings. The Bertz CT molecular complexity index is 482. The van der Waals surface area contributed by atoms with E-state index >= 15 is 0 Å². The molecule has 21 heavy (non-hydrogen) atoms. The van der Waals surface area contributed by atoms with Crippen LogP contribution in [0.2, 0.25) is 0 Å². The average Bonchev–Trinajstić information content (AvgIpc) is 2.50. The zero-order chi connectivity index (χ0) is 15.5. The third-order valence-electron chi connectivity index (χ3n) is 3.33. The molecule has 0 fully saturated rings. The van der Waals surface area contributed by atoms with Gasteiger partial charge in [-0.3, -0.25) is 4.79 Å². The van der Waals surface area contributed by atoms with Crippen molar-refractivity contribution in [1.29, 1.82) is 0 Å². The van der Waals surface area contributed by atoms with E-state index in [0.29, 0.717) is 5.56 Å². The third kappa shape index (κ3) is 6.97. The molecule has 0 aliphatic heterocycles. The van der Waals surface area contributed by atoms with Crippen molar-refractivity contribution in [1.82, 2.24) is 5.32 Å². The molecule has 1 atom stereocenters. The molecular weight excluding hydrogens is 262 g/mol. The smallest absolute Gasteiger partial charge is 0.251 e. The zero-order valence-corrected chi connectivity index (χ0v) is 13.0. The monoisotopic (exact) mass is 287 g/mol. The number of nitrogens with one attached hydrogen (secondary N) is 1. The first-order valence-corrected chi connectivity index (χ1v) is 7.68. The molecule has 0 spiro atoms.